The third kappa shape index (κ3) is 3.71. The van der Waals surface area contributed by atoms with E-state index in [9.17, 15) is 9.90 Å². The van der Waals surface area contributed by atoms with E-state index in [1.165, 1.54) is 19.3 Å². The number of thiocarbonyl (C=S) groups is 1. The second-order valence-corrected chi connectivity index (χ2v) is 3.67. The van der Waals surface area contributed by atoms with Crippen LogP contribution in [0.1, 0.15) is 5.56 Å². The molecule has 1 aromatic rings. The fraction of sp³-hybridized carbons (Fsp3) is 0.0769. The average Bonchev–Trinajstić information content (AvgIpc) is 2.38. The van der Waals surface area contributed by atoms with Crippen molar-refractivity contribution in [2.24, 2.45) is 0 Å². The van der Waals surface area contributed by atoms with Crippen molar-refractivity contribution in [3.05, 3.63) is 53.8 Å². The van der Waals surface area contributed by atoms with Crippen molar-refractivity contribution < 1.29 is 19.7 Å². The molecular weight excluding hydrogens is 252 g/mol. The first-order chi connectivity index (χ1) is 8.56. The summed E-state index contributed by atoms with van der Waals surface area (Å²) >= 11 is 4.70. The number of aliphatic hydroxyl groups is 1. The summed E-state index contributed by atoms with van der Waals surface area (Å²) in [5.74, 6) is -1.38. The van der Waals surface area contributed by atoms with Crippen LogP contribution in [-0.4, -0.2) is 28.3 Å². The minimum atomic E-state index is -1.09. The predicted molar refractivity (Wildman–Crippen MR) is 72.4 cm³/mol. The Morgan fingerprint density at radius 2 is 1.83 bits per heavy atom. The van der Waals surface area contributed by atoms with Gasteiger partial charge in [0.2, 0.25) is 5.05 Å². The number of allylic oxidation sites excluding steroid dienone is 2. The van der Waals surface area contributed by atoms with Crippen molar-refractivity contribution in [1.82, 2.24) is 0 Å². The molecule has 0 spiro atoms. The van der Waals surface area contributed by atoms with Crippen molar-refractivity contribution in [1.29, 1.82) is 0 Å². The van der Waals surface area contributed by atoms with Crippen LogP contribution in [0.25, 0.3) is 5.57 Å². The second kappa shape index (κ2) is 6.56. The Hall–Kier alpha value is -2.14. The highest BCUT2D eigenvalue weighted by atomic mass is 32.1. The number of aliphatic carboxylic acids is 1. The third-order valence-electron chi connectivity index (χ3n) is 2.12. The molecule has 0 aliphatic heterocycles. The molecule has 1 aromatic carbocycles. The Morgan fingerprint density at radius 3 is 2.33 bits per heavy atom. The SMILES string of the molecule is COC(=S)C(O)=CC=C(C(=O)O)c1ccccc1. The fourth-order valence-corrected chi connectivity index (χ4v) is 1.31. The molecule has 94 valence electrons. The number of ether oxygens (including phenoxy) is 1. The van der Waals surface area contributed by atoms with E-state index in [-0.39, 0.29) is 16.4 Å². The summed E-state index contributed by atoms with van der Waals surface area (Å²) in [6.45, 7) is 0. The summed E-state index contributed by atoms with van der Waals surface area (Å²) in [6.07, 6.45) is 2.47. The molecule has 2 N–H and O–H groups in total. The Bertz CT molecular complexity index is 503. The molecule has 0 atom stereocenters. The largest absolute Gasteiger partial charge is 0.504 e. The highest BCUT2D eigenvalue weighted by Gasteiger charge is 2.09. The molecule has 0 unspecified atom stereocenters. The fourth-order valence-electron chi connectivity index (χ4n) is 1.24. The van der Waals surface area contributed by atoms with E-state index in [4.69, 9.17) is 17.3 Å². The van der Waals surface area contributed by atoms with Gasteiger partial charge in [-0.1, -0.05) is 30.3 Å². The summed E-state index contributed by atoms with van der Waals surface area (Å²) in [7, 11) is 1.32. The van der Waals surface area contributed by atoms with Crippen LogP contribution >= 0.6 is 12.2 Å². The van der Waals surface area contributed by atoms with Gasteiger partial charge < -0.3 is 14.9 Å². The number of rotatable bonds is 4. The Kier molecular flexibility index (Phi) is 5.07. The summed E-state index contributed by atoms with van der Waals surface area (Å²) in [4.78, 5) is 11.1. The molecule has 0 saturated heterocycles. The number of carbonyl (C=O) groups is 1. The number of methoxy groups -OCH3 is 1. The van der Waals surface area contributed by atoms with Gasteiger partial charge >= 0.3 is 5.97 Å². The van der Waals surface area contributed by atoms with Gasteiger partial charge in [0.1, 0.15) is 0 Å². The van der Waals surface area contributed by atoms with E-state index < -0.39 is 5.97 Å². The van der Waals surface area contributed by atoms with Crippen molar-refractivity contribution in [2.75, 3.05) is 7.11 Å². The molecule has 0 aliphatic carbocycles. The lowest BCUT2D eigenvalue weighted by Gasteiger charge is -2.02. The normalized spacial score (nSPS) is 12.1. The third-order valence-corrected chi connectivity index (χ3v) is 2.49. The maximum atomic E-state index is 11.1. The maximum absolute atomic E-state index is 11.1. The lowest BCUT2D eigenvalue weighted by molar-refractivity contribution is -0.130. The molecule has 5 heteroatoms. The van der Waals surface area contributed by atoms with E-state index in [0.717, 1.165) is 0 Å². The molecule has 4 nitrogen and oxygen atoms in total. The molecule has 0 bridgehead atoms. The molecule has 0 fully saturated rings. The van der Waals surface area contributed by atoms with Gasteiger partial charge in [-0.3, -0.25) is 0 Å². The van der Waals surface area contributed by atoms with Crippen molar-refractivity contribution in [2.45, 2.75) is 0 Å². The van der Waals surface area contributed by atoms with E-state index >= 15 is 0 Å². The zero-order valence-electron chi connectivity index (χ0n) is 9.66. The minimum absolute atomic E-state index is 0.0565. The average molecular weight is 264 g/mol. The van der Waals surface area contributed by atoms with Crippen LogP contribution in [0.2, 0.25) is 0 Å². The van der Waals surface area contributed by atoms with Crippen LogP contribution in [0.3, 0.4) is 0 Å². The topological polar surface area (TPSA) is 66.8 Å². The van der Waals surface area contributed by atoms with Crippen molar-refractivity contribution in [3.8, 4) is 0 Å². The van der Waals surface area contributed by atoms with Gasteiger partial charge in [0.05, 0.1) is 12.7 Å². The van der Waals surface area contributed by atoms with Gasteiger partial charge in [0, 0.05) is 0 Å². The van der Waals surface area contributed by atoms with E-state index in [1.807, 2.05) is 0 Å². The van der Waals surface area contributed by atoms with Crippen LogP contribution in [0, 0.1) is 0 Å². The standard InChI is InChI=1S/C13H12O4S/c1-17-13(18)11(14)8-7-10(12(15)16)9-5-3-2-4-6-9/h2-8,14H,1H3,(H,15,16). The smallest absolute Gasteiger partial charge is 0.336 e. The van der Waals surface area contributed by atoms with Gasteiger partial charge in [0.25, 0.3) is 0 Å². The summed E-state index contributed by atoms with van der Waals surface area (Å²) in [6, 6.07) is 8.58. The molecule has 0 radical (unpaired) electrons. The molecule has 0 amide bonds. The summed E-state index contributed by atoms with van der Waals surface area (Å²) in [5, 5.41) is 18.5. The quantitative estimate of drug-likeness (QED) is 0.378. The molecular formula is C13H12O4S. The van der Waals surface area contributed by atoms with Crippen molar-refractivity contribution >= 4 is 28.8 Å². The van der Waals surface area contributed by atoms with Crippen LogP contribution < -0.4 is 0 Å². The summed E-state index contributed by atoms with van der Waals surface area (Å²) < 4.78 is 4.65. The van der Waals surface area contributed by atoms with Crippen LogP contribution in [-0.2, 0) is 9.53 Å². The Balaban J connectivity index is 3.08. The number of hydrogen-bond acceptors (Lipinski definition) is 4. The number of carboxylic acid groups (broad SMARTS) is 1. The first-order valence-electron chi connectivity index (χ1n) is 5.04. The van der Waals surface area contributed by atoms with Gasteiger partial charge in [-0.05, 0) is 29.9 Å². The zero-order valence-corrected chi connectivity index (χ0v) is 10.5. The molecule has 0 saturated carbocycles. The monoisotopic (exact) mass is 264 g/mol. The summed E-state index contributed by atoms with van der Waals surface area (Å²) in [5.41, 5.74) is 0.596. The van der Waals surface area contributed by atoms with Gasteiger partial charge in [-0.25, -0.2) is 4.79 Å². The van der Waals surface area contributed by atoms with Crippen molar-refractivity contribution in [3.63, 3.8) is 0 Å². The highest BCUT2D eigenvalue weighted by Crippen LogP contribution is 2.14. The molecule has 0 heterocycles. The lowest BCUT2D eigenvalue weighted by atomic mass is 10.1. The van der Waals surface area contributed by atoms with Crippen LogP contribution in [0.15, 0.2) is 48.2 Å². The number of carboxylic acids is 1. The molecule has 0 aliphatic rings. The molecule has 18 heavy (non-hydrogen) atoms. The minimum Gasteiger partial charge on any atom is -0.504 e. The Labute approximate surface area is 110 Å². The van der Waals surface area contributed by atoms with E-state index in [0.29, 0.717) is 5.56 Å². The highest BCUT2D eigenvalue weighted by molar-refractivity contribution is 7.80. The molecule has 0 aromatic heterocycles. The van der Waals surface area contributed by atoms with E-state index in [1.54, 1.807) is 30.3 Å². The number of benzene rings is 1. The van der Waals surface area contributed by atoms with E-state index in [2.05, 4.69) is 4.74 Å². The Morgan fingerprint density at radius 1 is 1.22 bits per heavy atom. The van der Waals surface area contributed by atoms with Gasteiger partial charge in [-0.15, -0.1) is 0 Å². The maximum Gasteiger partial charge on any atom is 0.336 e. The molecule has 1 rings (SSSR count). The first-order valence-corrected chi connectivity index (χ1v) is 5.45. The number of hydrogen-bond donors (Lipinski definition) is 2. The van der Waals surface area contributed by atoms with Crippen LogP contribution in [0.5, 0.6) is 0 Å². The van der Waals surface area contributed by atoms with Crippen LogP contribution in [0.4, 0.5) is 0 Å². The first kappa shape index (κ1) is 13.9. The van der Waals surface area contributed by atoms with Gasteiger partial charge in [-0.2, -0.15) is 0 Å². The second-order valence-electron chi connectivity index (χ2n) is 3.30. The predicted octanol–water partition coefficient (Wildman–Crippen LogP) is 2.57. The zero-order chi connectivity index (χ0) is 13.5. The van der Waals surface area contributed by atoms with Gasteiger partial charge in [0.15, 0.2) is 5.76 Å². The number of aliphatic hydroxyl groups excluding tert-OH is 1. The lowest BCUT2D eigenvalue weighted by Crippen LogP contribution is -2.02.